The molecule has 102 valence electrons. The van der Waals surface area contributed by atoms with Gasteiger partial charge in [-0.25, -0.2) is 0 Å². The summed E-state index contributed by atoms with van der Waals surface area (Å²) in [5.74, 6) is 0.164. The summed E-state index contributed by atoms with van der Waals surface area (Å²) in [5.41, 5.74) is 0. The number of hydrogen-bond acceptors (Lipinski definition) is 5. The second-order valence-electron chi connectivity index (χ2n) is 4.04. The van der Waals surface area contributed by atoms with Gasteiger partial charge in [0.25, 0.3) is 0 Å². The van der Waals surface area contributed by atoms with E-state index in [1.54, 1.807) is 7.11 Å². The van der Waals surface area contributed by atoms with Crippen molar-refractivity contribution < 1.29 is 23.7 Å². The van der Waals surface area contributed by atoms with Crippen molar-refractivity contribution >= 4 is 5.97 Å². The van der Waals surface area contributed by atoms with Crippen LogP contribution < -0.4 is 0 Å². The zero-order chi connectivity index (χ0) is 12.9. The average molecular weight is 248 g/mol. The molecule has 5 nitrogen and oxygen atoms in total. The zero-order valence-electron chi connectivity index (χ0n) is 11.1. The topological polar surface area (TPSA) is 54.0 Å². The average Bonchev–Trinajstić information content (AvgIpc) is 2.26. The predicted octanol–water partition coefficient (Wildman–Crippen LogP) is 1.26. The largest absolute Gasteiger partial charge is 0.463 e. The minimum Gasteiger partial charge on any atom is -0.463 e. The third-order valence-corrected chi connectivity index (χ3v) is 1.87. The van der Waals surface area contributed by atoms with E-state index in [1.807, 2.05) is 13.8 Å². The highest BCUT2D eigenvalue weighted by atomic mass is 16.6. The van der Waals surface area contributed by atoms with Crippen molar-refractivity contribution in [2.45, 2.75) is 20.3 Å². The fraction of sp³-hybridized carbons (Fsp3) is 0.917. The first kappa shape index (κ1) is 16.4. The van der Waals surface area contributed by atoms with Gasteiger partial charge in [0, 0.05) is 13.5 Å². The van der Waals surface area contributed by atoms with E-state index in [0.717, 1.165) is 0 Å². The Labute approximate surface area is 103 Å². The number of rotatable bonds is 11. The van der Waals surface area contributed by atoms with Crippen LogP contribution >= 0.6 is 0 Å². The quantitative estimate of drug-likeness (QED) is 0.407. The fourth-order valence-corrected chi connectivity index (χ4v) is 1.07. The number of ether oxygens (including phenoxy) is 4. The van der Waals surface area contributed by atoms with E-state index in [9.17, 15) is 4.79 Å². The lowest BCUT2D eigenvalue weighted by Crippen LogP contribution is -2.14. The first-order valence-electron chi connectivity index (χ1n) is 5.97. The van der Waals surface area contributed by atoms with Crippen molar-refractivity contribution in [3.05, 3.63) is 0 Å². The van der Waals surface area contributed by atoms with Crippen LogP contribution in [-0.4, -0.2) is 52.7 Å². The van der Waals surface area contributed by atoms with Gasteiger partial charge in [-0.15, -0.1) is 0 Å². The predicted molar refractivity (Wildman–Crippen MR) is 63.9 cm³/mol. The minimum absolute atomic E-state index is 0.167. The molecule has 0 aliphatic heterocycles. The molecule has 0 N–H and O–H groups in total. The van der Waals surface area contributed by atoms with E-state index in [1.165, 1.54) is 0 Å². The smallest absolute Gasteiger partial charge is 0.306 e. The highest BCUT2D eigenvalue weighted by Crippen LogP contribution is 2.00. The lowest BCUT2D eigenvalue weighted by atomic mass is 10.1. The maximum Gasteiger partial charge on any atom is 0.306 e. The first-order valence-corrected chi connectivity index (χ1v) is 5.97. The molecule has 0 amide bonds. The van der Waals surface area contributed by atoms with Crippen LogP contribution in [0.2, 0.25) is 0 Å². The molecule has 0 heterocycles. The van der Waals surface area contributed by atoms with Crippen molar-refractivity contribution in [1.82, 2.24) is 0 Å². The molecule has 5 heteroatoms. The van der Waals surface area contributed by atoms with E-state index in [-0.39, 0.29) is 5.97 Å². The van der Waals surface area contributed by atoms with Crippen LogP contribution in [0.15, 0.2) is 0 Å². The second-order valence-corrected chi connectivity index (χ2v) is 4.04. The summed E-state index contributed by atoms with van der Waals surface area (Å²) < 4.78 is 20.2. The Kier molecular flexibility index (Phi) is 11.4. The Morgan fingerprint density at radius 3 is 2.00 bits per heavy atom. The molecule has 0 aliphatic rings. The highest BCUT2D eigenvalue weighted by molar-refractivity contribution is 5.69. The van der Waals surface area contributed by atoms with E-state index in [0.29, 0.717) is 52.0 Å². The Balaban J connectivity index is 3.10. The molecule has 0 saturated heterocycles. The van der Waals surface area contributed by atoms with Gasteiger partial charge in [0.1, 0.15) is 6.61 Å². The number of esters is 1. The highest BCUT2D eigenvalue weighted by Gasteiger charge is 2.05. The maximum atomic E-state index is 11.1. The summed E-state index contributed by atoms with van der Waals surface area (Å²) >= 11 is 0. The van der Waals surface area contributed by atoms with Crippen molar-refractivity contribution in [3.8, 4) is 0 Å². The van der Waals surface area contributed by atoms with Crippen molar-refractivity contribution in [2.24, 2.45) is 5.92 Å². The van der Waals surface area contributed by atoms with Crippen LogP contribution in [0.1, 0.15) is 20.3 Å². The molecule has 17 heavy (non-hydrogen) atoms. The Hall–Kier alpha value is -0.650. The monoisotopic (exact) mass is 248 g/mol. The van der Waals surface area contributed by atoms with Crippen LogP contribution in [0.4, 0.5) is 0 Å². The lowest BCUT2D eigenvalue weighted by molar-refractivity contribution is -0.146. The molecule has 0 spiro atoms. The summed E-state index contributed by atoms with van der Waals surface area (Å²) in [6.07, 6.45) is 0.458. The Morgan fingerprint density at radius 2 is 1.47 bits per heavy atom. The molecule has 0 radical (unpaired) electrons. The molecule has 0 bridgehead atoms. The molecule has 0 aromatic rings. The fourth-order valence-electron chi connectivity index (χ4n) is 1.07. The molecule has 0 unspecified atom stereocenters. The zero-order valence-corrected chi connectivity index (χ0v) is 11.1. The molecule has 0 fully saturated rings. The molecule has 0 atom stereocenters. The molecular weight excluding hydrogens is 224 g/mol. The van der Waals surface area contributed by atoms with Gasteiger partial charge in [-0.2, -0.15) is 0 Å². The summed E-state index contributed by atoms with van der Waals surface area (Å²) in [6, 6.07) is 0. The number of hydrogen-bond donors (Lipinski definition) is 0. The van der Waals surface area contributed by atoms with Gasteiger partial charge in [-0.3, -0.25) is 4.79 Å². The van der Waals surface area contributed by atoms with E-state index in [2.05, 4.69) is 0 Å². The molecule has 0 aromatic carbocycles. The minimum atomic E-state index is -0.167. The molecule has 0 aliphatic carbocycles. The van der Waals surface area contributed by atoms with Crippen molar-refractivity contribution in [1.29, 1.82) is 0 Å². The van der Waals surface area contributed by atoms with E-state index in [4.69, 9.17) is 18.9 Å². The normalized spacial score (nSPS) is 10.8. The van der Waals surface area contributed by atoms with Gasteiger partial charge in [0.2, 0.25) is 0 Å². The number of carbonyl (C=O) groups excluding carboxylic acids is 1. The van der Waals surface area contributed by atoms with Crippen LogP contribution in [0.5, 0.6) is 0 Å². The van der Waals surface area contributed by atoms with E-state index < -0.39 is 0 Å². The third-order valence-electron chi connectivity index (χ3n) is 1.87. The van der Waals surface area contributed by atoms with Crippen LogP contribution in [0.25, 0.3) is 0 Å². The maximum absolute atomic E-state index is 11.1. The molecule has 0 aromatic heterocycles. The Morgan fingerprint density at radius 1 is 0.941 bits per heavy atom. The van der Waals surface area contributed by atoms with Crippen LogP contribution in [-0.2, 0) is 23.7 Å². The number of carbonyl (C=O) groups is 1. The van der Waals surface area contributed by atoms with Gasteiger partial charge in [-0.1, -0.05) is 13.8 Å². The molecule has 0 rings (SSSR count). The van der Waals surface area contributed by atoms with Crippen molar-refractivity contribution in [2.75, 3.05) is 46.8 Å². The molecule has 0 saturated carbocycles. The van der Waals surface area contributed by atoms with Gasteiger partial charge in [0.05, 0.1) is 33.0 Å². The number of methoxy groups -OCH3 is 1. The van der Waals surface area contributed by atoms with E-state index >= 15 is 0 Å². The summed E-state index contributed by atoms with van der Waals surface area (Å²) in [7, 11) is 1.63. The molecular formula is C12H24O5. The summed E-state index contributed by atoms with van der Waals surface area (Å²) in [6.45, 7) is 6.89. The first-order chi connectivity index (χ1) is 8.16. The summed E-state index contributed by atoms with van der Waals surface area (Å²) in [5, 5.41) is 0. The lowest BCUT2D eigenvalue weighted by Gasteiger charge is -2.07. The van der Waals surface area contributed by atoms with Gasteiger partial charge >= 0.3 is 5.97 Å². The van der Waals surface area contributed by atoms with Gasteiger partial charge in [0.15, 0.2) is 0 Å². The van der Waals surface area contributed by atoms with Crippen molar-refractivity contribution in [3.63, 3.8) is 0 Å². The summed E-state index contributed by atoms with van der Waals surface area (Å²) in [4.78, 5) is 11.1. The third kappa shape index (κ3) is 13.3. The Bertz CT molecular complexity index is 182. The second kappa shape index (κ2) is 11.8. The standard InChI is InChI=1S/C12H24O5/c1-11(2)10-12(13)17-9-8-16-7-6-15-5-4-14-3/h11H,4-10H2,1-3H3. The van der Waals surface area contributed by atoms with Gasteiger partial charge < -0.3 is 18.9 Å². The van der Waals surface area contributed by atoms with Crippen LogP contribution in [0.3, 0.4) is 0 Å². The SMILES string of the molecule is COCCOCCOCCOC(=O)CC(C)C. The van der Waals surface area contributed by atoms with Gasteiger partial charge in [-0.05, 0) is 5.92 Å². The van der Waals surface area contributed by atoms with Crippen LogP contribution in [0, 0.1) is 5.92 Å².